The van der Waals surface area contributed by atoms with Crippen molar-refractivity contribution >= 4 is 0 Å². The van der Waals surface area contributed by atoms with Crippen LogP contribution in [0.2, 0.25) is 0 Å². The van der Waals surface area contributed by atoms with Crippen molar-refractivity contribution in [3.63, 3.8) is 0 Å². The number of methoxy groups -OCH3 is 1. The Balaban J connectivity index is 2.67. The number of aromatic nitrogens is 1. The number of nitrogens with zero attached hydrogens (tertiary/aromatic N) is 1. The molecule has 0 radical (unpaired) electrons. The Morgan fingerprint density at radius 1 is 1.43 bits per heavy atom. The zero-order valence-electron chi connectivity index (χ0n) is 9.29. The number of hydrogen-bond donors (Lipinski definition) is 1. The van der Waals surface area contributed by atoms with Gasteiger partial charge in [0.1, 0.15) is 5.75 Å². The Bertz CT molecular complexity index is 292. The van der Waals surface area contributed by atoms with Crippen molar-refractivity contribution in [1.82, 2.24) is 10.3 Å². The van der Waals surface area contributed by atoms with Gasteiger partial charge in [-0.2, -0.15) is 0 Å². The lowest BCUT2D eigenvalue weighted by molar-refractivity contribution is 0.390. The average molecular weight is 194 g/mol. The van der Waals surface area contributed by atoms with E-state index >= 15 is 0 Å². The molecule has 0 unspecified atom stereocenters. The zero-order chi connectivity index (χ0) is 10.6. The first kappa shape index (κ1) is 11.0. The third kappa shape index (κ3) is 3.34. The molecule has 0 atom stereocenters. The lowest BCUT2D eigenvalue weighted by Gasteiger charge is -2.21. The summed E-state index contributed by atoms with van der Waals surface area (Å²) in [4.78, 5) is 4.01. The third-order valence-electron chi connectivity index (χ3n) is 1.90. The van der Waals surface area contributed by atoms with Crippen LogP contribution in [-0.2, 0) is 6.54 Å². The average Bonchev–Trinajstić information content (AvgIpc) is 2.14. The molecular formula is C11H18N2O. The first-order chi connectivity index (χ1) is 6.53. The van der Waals surface area contributed by atoms with Crippen LogP contribution < -0.4 is 10.1 Å². The van der Waals surface area contributed by atoms with Gasteiger partial charge in [-0.3, -0.25) is 4.98 Å². The van der Waals surface area contributed by atoms with Crippen molar-refractivity contribution in [3.8, 4) is 5.75 Å². The molecule has 0 saturated carbocycles. The SMILES string of the molecule is COc1cnccc1CNC(C)(C)C. The first-order valence-corrected chi connectivity index (χ1v) is 4.75. The Morgan fingerprint density at radius 3 is 2.71 bits per heavy atom. The van der Waals surface area contributed by atoms with E-state index in [2.05, 4.69) is 31.1 Å². The fourth-order valence-electron chi connectivity index (χ4n) is 1.10. The predicted octanol–water partition coefficient (Wildman–Crippen LogP) is 1.98. The smallest absolute Gasteiger partial charge is 0.141 e. The van der Waals surface area contributed by atoms with Gasteiger partial charge in [0.2, 0.25) is 0 Å². The molecule has 14 heavy (non-hydrogen) atoms. The second-order valence-electron chi connectivity index (χ2n) is 4.29. The Kier molecular flexibility index (Phi) is 3.47. The van der Waals surface area contributed by atoms with Crippen LogP contribution in [0, 0.1) is 0 Å². The molecule has 0 aliphatic heterocycles. The summed E-state index contributed by atoms with van der Waals surface area (Å²) in [6.45, 7) is 7.22. The summed E-state index contributed by atoms with van der Waals surface area (Å²) < 4.78 is 5.21. The summed E-state index contributed by atoms with van der Waals surface area (Å²) in [5.41, 5.74) is 1.26. The monoisotopic (exact) mass is 194 g/mol. The van der Waals surface area contributed by atoms with Gasteiger partial charge in [0, 0.05) is 23.8 Å². The van der Waals surface area contributed by atoms with E-state index in [-0.39, 0.29) is 5.54 Å². The second kappa shape index (κ2) is 4.42. The normalized spacial score (nSPS) is 11.4. The molecule has 0 aromatic carbocycles. The molecule has 1 rings (SSSR count). The zero-order valence-corrected chi connectivity index (χ0v) is 9.29. The third-order valence-corrected chi connectivity index (χ3v) is 1.90. The Morgan fingerprint density at radius 2 is 2.14 bits per heavy atom. The molecule has 0 spiro atoms. The standard InChI is InChI=1S/C11H18N2O/c1-11(2,3)13-7-9-5-6-12-8-10(9)14-4/h5-6,8,13H,7H2,1-4H3. The molecule has 3 heteroatoms. The van der Waals surface area contributed by atoms with Gasteiger partial charge in [-0.05, 0) is 26.8 Å². The minimum atomic E-state index is 0.119. The molecule has 0 aliphatic rings. The summed E-state index contributed by atoms with van der Waals surface area (Å²) >= 11 is 0. The van der Waals surface area contributed by atoms with Gasteiger partial charge in [-0.25, -0.2) is 0 Å². The van der Waals surface area contributed by atoms with Crippen LogP contribution in [-0.4, -0.2) is 17.6 Å². The summed E-state index contributed by atoms with van der Waals surface area (Å²) in [5.74, 6) is 0.837. The lowest BCUT2D eigenvalue weighted by atomic mass is 10.1. The van der Waals surface area contributed by atoms with Crippen LogP contribution in [0.3, 0.4) is 0 Å². The van der Waals surface area contributed by atoms with E-state index in [1.165, 1.54) is 0 Å². The molecule has 0 bridgehead atoms. The number of pyridine rings is 1. The quantitative estimate of drug-likeness (QED) is 0.799. The molecule has 3 nitrogen and oxygen atoms in total. The van der Waals surface area contributed by atoms with Crippen molar-refractivity contribution in [2.24, 2.45) is 0 Å². The van der Waals surface area contributed by atoms with Crippen LogP contribution in [0.15, 0.2) is 18.5 Å². The van der Waals surface area contributed by atoms with Gasteiger partial charge >= 0.3 is 0 Å². The van der Waals surface area contributed by atoms with Crippen molar-refractivity contribution in [1.29, 1.82) is 0 Å². The van der Waals surface area contributed by atoms with E-state index in [0.29, 0.717) is 0 Å². The second-order valence-corrected chi connectivity index (χ2v) is 4.29. The molecule has 1 N–H and O–H groups in total. The first-order valence-electron chi connectivity index (χ1n) is 4.75. The summed E-state index contributed by atoms with van der Waals surface area (Å²) in [6, 6.07) is 1.97. The largest absolute Gasteiger partial charge is 0.495 e. The minimum absolute atomic E-state index is 0.119. The van der Waals surface area contributed by atoms with Gasteiger partial charge in [-0.15, -0.1) is 0 Å². The highest BCUT2D eigenvalue weighted by molar-refractivity contribution is 5.29. The molecular weight excluding hydrogens is 176 g/mol. The van der Waals surface area contributed by atoms with Crippen LogP contribution in [0.5, 0.6) is 5.75 Å². The van der Waals surface area contributed by atoms with E-state index < -0.39 is 0 Å². The van der Waals surface area contributed by atoms with Crippen LogP contribution in [0.1, 0.15) is 26.3 Å². The number of nitrogens with one attached hydrogen (secondary N) is 1. The van der Waals surface area contributed by atoms with Gasteiger partial charge in [-0.1, -0.05) is 0 Å². The Labute approximate surface area is 85.5 Å². The van der Waals surface area contributed by atoms with Crippen molar-refractivity contribution in [3.05, 3.63) is 24.0 Å². The molecule has 0 aliphatic carbocycles. The highest BCUT2D eigenvalue weighted by Crippen LogP contribution is 2.16. The number of rotatable bonds is 3. The van der Waals surface area contributed by atoms with Crippen molar-refractivity contribution < 1.29 is 4.74 Å². The lowest BCUT2D eigenvalue weighted by Crippen LogP contribution is -2.35. The van der Waals surface area contributed by atoms with Crippen LogP contribution >= 0.6 is 0 Å². The van der Waals surface area contributed by atoms with Gasteiger partial charge < -0.3 is 10.1 Å². The predicted molar refractivity (Wildman–Crippen MR) is 57.4 cm³/mol. The van der Waals surface area contributed by atoms with Crippen LogP contribution in [0.4, 0.5) is 0 Å². The van der Waals surface area contributed by atoms with Gasteiger partial charge in [0.05, 0.1) is 13.3 Å². The van der Waals surface area contributed by atoms with Gasteiger partial charge in [0.15, 0.2) is 0 Å². The highest BCUT2D eigenvalue weighted by atomic mass is 16.5. The Hall–Kier alpha value is -1.09. The van der Waals surface area contributed by atoms with E-state index in [1.54, 1.807) is 19.5 Å². The molecule has 1 aromatic rings. The highest BCUT2D eigenvalue weighted by Gasteiger charge is 2.10. The summed E-state index contributed by atoms with van der Waals surface area (Å²) in [7, 11) is 1.66. The number of ether oxygens (including phenoxy) is 1. The molecule has 78 valence electrons. The van der Waals surface area contributed by atoms with E-state index in [4.69, 9.17) is 4.74 Å². The van der Waals surface area contributed by atoms with Crippen LogP contribution in [0.25, 0.3) is 0 Å². The van der Waals surface area contributed by atoms with E-state index in [0.717, 1.165) is 17.9 Å². The summed E-state index contributed by atoms with van der Waals surface area (Å²) in [5, 5.41) is 3.41. The minimum Gasteiger partial charge on any atom is -0.495 e. The molecule has 1 heterocycles. The maximum Gasteiger partial charge on any atom is 0.141 e. The number of hydrogen-bond acceptors (Lipinski definition) is 3. The van der Waals surface area contributed by atoms with Crippen molar-refractivity contribution in [2.45, 2.75) is 32.9 Å². The van der Waals surface area contributed by atoms with E-state index in [9.17, 15) is 0 Å². The fraction of sp³-hybridized carbons (Fsp3) is 0.545. The van der Waals surface area contributed by atoms with Gasteiger partial charge in [0.25, 0.3) is 0 Å². The molecule has 1 aromatic heterocycles. The fourth-order valence-corrected chi connectivity index (χ4v) is 1.10. The molecule has 0 saturated heterocycles. The molecule has 0 fully saturated rings. The van der Waals surface area contributed by atoms with E-state index in [1.807, 2.05) is 6.07 Å². The van der Waals surface area contributed by atoms with Crippen molar-refractivity contribution in [2.75, 3.05) is 7.11 Å². The molecule has 0 amide bonds. The maximum absolute atomic E-state index is 5.21. The summed E-state index contributed by atoms with van der Waals surface area (Å²) in [6.07, 6.45) is 3.52. The maximum atomic E-state index is 5.21. The topological polar surface area (TPSA) is 34.1 Å².